The highest BCUT2D eigenvalue weighted by Gasteiger charge is 2.17. The van der Waals surface area contributed by atoms with Crippen molar-refractivity contribution < 1.29 is 0 Å². The topological polar surface area (TPSA) is 3.24 Å². The van der Waals surface area contributed by atoms with E-state index >= 15 is 0 Å². The summed E-state index contributed by atoms with van der Waals surface area (Å²) in [7, 11) is 0. The minimum atomic E-state index is 1.12. The molecule has 250 valence electrons. The van der Waals surface area contributed by atoms with Crippen molar-refractivity contribution in [3.63, 3.8) is 0 Å². The van der Waals surface area contributed by atoms with Gasteiger partial charge >= 0.3 is 0 Å². The number of rotatable bonds is 8. The molecule has 1 heteroatoms. The molecule has 0 aliphatic carbocycles. The van der Waals surface area contributed by atoms with Crippen LogP contribution in [0.4, 0.5) is 17.1 Å². The smallest absolute Gasteiger partial charge is 0.0462 e. The third-order valence-corrected chi connectivity index (χ3v) is 10.1. The van der Waals surface area contributed by atoms with Crippen LogP contribution >= 0.6 is 0 Å². The van der Waals surface area contributed by atoms with Crippen LogP contribution in [0, 0.1) is 0 Å². The maximum absolute atomic E-state index is 2.31. The summed E-state index contributed by atoms with van der Waals surface area (Å²) in [6.45, 7) is 0. The van der Waals surface area contributed by atoms with E-state index in [0.29, 0.717) is 0 Å². The Bertz CT molecular complexity index is 2560. The van der Waals surface area contributed by atoms with Crippen LogP contribution in [0.25, 0.3) is 67.1 Å². The van der Waals surface area contributed by atoms with E-state index in [9.17, 15) is 0 Å². The molecule has 0 aromatic heterocycles. The first-order chi connectivity index (χ1) is 26.3. The first-order valence-corrected chi connectivity index (χ1v) is 18.2. The third-order valence-electron chi connectivity index (χ3n) is 10.1. The highest BCUT2D eigenvalue weighted by molar-refractivity contribution is 6.21. The molecule has 0 amide bonds. The molecule has 9 aromatic rings. The lowest BCUT2D eigenvalue weighted by molar-refractivity contribution is 1.28. The number of hydrogen-bond acceptors (Lipinski definition) is 1. The van der Waals surface area contributed by atoms with Gasteiger partial charge < -0.3 is 4.90 Å². The quantitative estimate of drug-likeness (QED) is 0.114. The third kappa shape index (κ3) is 6.42. The van der Waals surface area contributed by atoms with Crippen molar-refractivity contribution in [2.45, 2.75) is 0 Å². The van der Waals surface area contributed by atoms with E-state index in [1.807, 2.05) is 0 Å². The number of para-hydroxylation sites is 2. The van der Waals surface area contributed by atoms with Crippen molar-refractivity contribution in [2.75, 3.05) is 4.90 Å². The Labute approximate surface area is 311 Å². The fourth-order valence-electron chi connectivity index (χ4n) is 7.50. The van der Waals surface area contributed by atoms with Gasteiger partial charge in [-0.15, -0.1) is 0 Å². The Morgan fingerprint density at radius 3 is 0.962 bits per heavy atom. The fraction of sp³-hybridized carbons (Fsp3) is 0. The highest BCUT2D eigenvalue weighted by Crippen LogP contribution is 2.44. The van der Waals surface area contributed by atoms with Crippen LogP contribution in [0.3, 0.4) is 0 Å². The Morgan fingerprint density at radius 2 is 0.547 bits per heavy atom. The number of nitrogens with zero attached hydrogens (tertiary/aromatic N) is 1. The molecule has 0 radical (unpaired) electrons. The first kappa shape index (κ1) is 32.0. The normalized spacial score (nSPS) is 11.3. The van der Waals surface area contributed by atoms with Gasteiger partial charge in [0.1, 0.15) is 0 Å². The van der Waals surface area contributed by atoms with Crippen LogP contribution in [-0.2, 0) is 0 Å². The average molecular weight is 676 g/mol. The largest absolute Gasteiger partial charge is 0.311 e. The zero-order valence-electron chi connectivity index (χ0n) is 29.3. The van der Waals surface area contributed by atoms with E-state index in [-0.39, 0.29) is 0 Å². The van der Waals surface area contributed by atoms with Gasteiger partial charge in [-0.25, -0.2) is 0 Å². The molecule has 0 fully saturated rings. The second-order valence-electron chi connectivity index (χ2n) is 13.3. The molecule has 0 saturated heterocycles. The number of fused-ring (bicyclic) bond motifs is 2. The van der Waals surface area contributed by atoms with Crippen LogP contribution in [0.5, 0.6) is 0 Å². The van der Waals surface area contributed by atoms with E-state index in [1.165, 1.54) is 66.1 Å². The zero-order valence-corrected chi connectivity index (χ0v) is 29.3. The highest BCUT2D eigenvalue weighted by atomic mass is 15.1. The van der Waals surface area contributed by atoms with Crippen LogP contribution < -0.4 is 4.90 Å². The minimum absolute atomic E-state index is 1.12. The summed E-state index contributed by atoms with van der Waals surface area (Å²) in [6.07, 6.45) is 4.38. The summed E-state index contributed by atoms with van der Waals surface area (Å²) in [5.74, 6) is 0. The summed E-state index contributed by atoms with van der Waals surface area (Å²) >= 11 is 0. The molecule has 0 atom stereocenters. The number of benzene rings is 9. The molecule has 0 saturated carbocycles. The summed E-state index contributed by atoms with van der Waals surface area (Å²) in [5.41, 5.74) is 13.1. The molecule has 0 aliphatic rings. The van der Waals surface area contributed by atoms with Gasteiger partial charge in [-0.05, 0) is 102 Å². The minimum Gasteiger partial charge on any atom is -0.311 e. The van der Waals surface area contributed by atoms with E-state index in [4.69, 9.17) is 0 Å². The standard InChI is InChI=1S/C52H37N/c1-4-14-40(15-5-1)41-30-26-38(27-31-41)24-25-39-28-32-42(33-29-39)51-47-20-10-12-22-49(47)52(50-23-13-11-21-48(50)51)43-34-36-46(37-35-43)53(44-16-6-2-7-17-44)45-18-8-3-9-19-45/h1-37H. The molecular weight excluding hydrogens is 639 g/mol. The van der Waals surface area contributed by atoms with E-state index in [1.54, 1.807) is 0 Å². The van der Waals surface area contributed by atoms with Crippen LogP contribution in [-0.4, -0.2) is 0 Å². The predicted molar refractivity (Wildman–Crippen MR) is 228 cm³/mol. The van der Waals surface area contributed by atoms with Gasteiger partial charge in [0, 0.05) is 17.1 Å². The van der Waals surface area contributed by atoms with Crippen molar-refractivity contribution >= 4 is 50.8 Å². The maximum Gasteiger partial charge on any atom is 0.0462 e. The van der Waals surface area contributed by atoms with Gasteiger partial charge in [-0.2, -0.15) is 0 Å². The van der Waals surface area contributed by atoms with Gasteiger partial charge in [0.05, 0.1) is 0 Å². The van der Waals surface area contributed by atoms with Gasteiger partial charge in [-0.1, -0.05) is 188 Å². The summed E-state index contributed by atoms with van der Waals surface area (Å²) in [4.78, 5) is 2.31. The van der Waals surface area contributed by atoms with Gasteiger partial charge in [0.25, 0.3) is 0 Å². The molecular formula is C52H37N. The van der Waals surface area contributed by atoms with Gasteiger partial charge in [0.15, 0.2) is 0 Å². The van der Waals surface area contributed by atoms with Gasteiger partial charge in [-0.3, -0.25) is 0 Å². The lowest BCUT2D eigenvalue weighted by Crippen LogP contribution is -2.09. The van der Waals surface area contributed by atoms with Crippen LogP contribution in [0.2, 0.25) is 0 Å². The predicted octanol–water partition coefficient (Wildman–Crippen LogP) is 14.6. The van der Waals surface area contributed by atoms with Crippen LogP contribution in [0.1, 0.15) is 11.1 Å². The number of hydrogen-bond donors (Lipinski definition) is 0. The average Bonchev–Trinajstić information content (AvgIpc) is 3.24. The van der Waals surface area contributed by atoms with E-state index in [2.05, 4.69) is 229 Å². The Balaban J connectivity index is 1.07. The molecule has 53 heavy (non-hydrogen) atoms. The zero-order chi connectivity index (χ0) is 35.4. The van der Waals surface area contributed by atoms with E-state index in [0.717, 1.165) is 17.1 Å². The molecule has 9 aromatic carbocycles. The monoisotopic (exact) mass is 675 g/mol. The molecule has 0 N–H and O–H groups in total. The Morgan fingerprint density at radius 1 is 0.245 bits per heavy atom. The Kier molecular flexibility index (Phi) is 8.66. The molecule has 0 spiro atoms. The Hall–Kier alpha value is -6.96. The van der Waals surface area contributed by atoms with Crippen molar-refractivity contribution in [2.24, 2.45) is 0 Å². The molecule has 0 aliphatic heterocycles. The van der Waals surface area contributed by atoms with E-state index < -0.39 is 0 Å². The summed E-state index contributed by atoms with van der Waals surface area (Å²) in [6, 6.07) is 76.2. The molecule has 0 heterocycles. The lowest BCUT2D eigenvalue weighted by Gasteiger charge is -2.25. The number of anilines is 3. The van der Waals surface area contributed by atoms with Crippen molar-refractivity contribution in [1.82, 2.24) is 0 Å². The maximum atomic E-state index is 2.31. The second kappa shape index (κ2) is 14.3. The second-order valence-corrected chi connectivity index (χ2v) is 13.3. The molecule has 0 bridgehead atoms. The molecule has 9 rings (SSSR count). The van der Waals surface area contributed by atoms with Crippen molar-refractivity contribution in [3.05, 3.63) is 223 Å². The van der Waals surface area contributed by atoms with Gasteiger partial charge in [0.2, 0.25) is 0 Å². The summed E-state index contributed by atoms with van der Waals surface area (Å²) in [5, 5.41) is 5.00. The molecule has 1 nitrogen and oxygen atoms in total. The van der Waals surface area contributed by atoms with Crippen molar-refractivity contribution in [3.8, 4) is 33.4 Å². The summed E-state index contributed by atoms with van der Waals surface area (Å²) < 4.78 is 0. The SMILES string of the molecule is C(=Cc1ccc(-c2c3ccccc3c(-c3ccc(N(c4ccccc4)c4ccccc4)cc3)c3ccccc23)cc1)c1ccc(-c2ccccc2)cc1. The fourth-order valence-corrected chi connectivity index (χ4v) is 7.50. The van der Waals surface area contributed by atoms with Crippen LogP contribution in [0.15, 0.2) is 212 Å². The first-order valence-electron chi connectivity index (χ1n) is 18.2. The molecule has 0 unspecified atom stereocenters. The lowest BCUT2D eigenvalue weighted by atomic mass is 9.86. The van der Waals surface area contributed by atoms with Crippen molar-refractivity contribution in [1.29, 1.82) is 0 Å².